The van der Waals surface area contributed by atoms with Crippen molar-refractivity contribution in [3.05, 3.63) is 59.4 Å². The van der Waals surface area contributed by atoms with Gasteiger partial charge in [-0.2, -0.15) is 5.26 Å². The van der Waals surface area contributed by atoms with Crippen LogP contribution in [0.15, 0.2) is 40.8 Å². The Morgan fingerprint density at radius 2 is 2.07 bits per heavy atom. The summed E-state index contributed by atoms with van der Waals surface area (Å²) in [7, 11) is 1.34. The highest BCUT2D eigenvalue weighted by Gasteiger charge is 2.19. The minimum atomic E-state index is -0.432. The largest absolute Gasteiger partial charge is 0.465 e. The number of hydrogen-bond acceptors (Lipinski definition) is 6. The molecular formula is C22H20N4O3. The van der Waals surface area contributed by atoms with E-state index in [-0.39, 0.29) is 0 Å². The number of carbonyl (C=O) groups is 1. The van der Waals surface area contributed by atoms with Crippen LogP contribution in [-0.2, 0) is 17.7 Å². The molecule has 3 aromatic rings. The number of fused-ring (bicyclic) bond motifs is 1. The lowest BCUT2D eigenvalue weighted by Crippen LogP contribution is -2.05. The second kappa shape index (κ2) is 8.15. The first-order valence-corrected chi connectivity index (χ1v) is 9.53. The SMILES string of the molecule is COC(=O)c1ccccc1-c1ccc(/C=C(\C#N)c2nnc3n2CCCCC3)o1. The van der Waals surface area contributed by atoms with Gasteiger partial charge in [-0.1, -0.05) is 24.6 Å². The molecule has 0 radical (unpaired) electrons. The average Bonchev–Trinajstić information content (AvgIpc) is 3.32. The van der Waals surface area contributed by atoms with Gasteiger partial charge < -0.3 is 13.7 Å². The molecule has 7 heteroatoms. The third-order valence-corrected chi connectivity index (χ3v) is 4.98. The van der Waals surface area contributed by atoms with Gasteiger partial charge in [0.1, 0.15) is 29.0 Å². The van der Waals surface area contributed by atoms with Crippen molar-refractivity contribution in [2.24, 2.45) is 0 Å². The van der Waals surface area contributed by atoms with Crippen LogP contribution in [0, 0.1) is 11.3 Å². The number of allylic oxidation sites excluding steroid dienone is 1. The molecule has 3 heterocycles. The van der Waals surface area contributed by atoms with Crippen LogP contribution in [-0.4, -0.2) is 27.8 Å². The van der Waals surface area contributed by atoms with Gasteiger partial charge in [0.15, 0.2) is 5.82 Å². The summed E-state index contributed by atoms with van der Waals surface area (Å²) in [4.78, 5) is 12.0. The summed E-state index contributed by atoms with van der Waals surface area (Å²) in [5, 5.41) is 18.2. The van der Waals surface area contributed by atoms with Gasteiger partial charge in [-0.3, -0.25) is 0 Å². The molecule has 4 rings (SSSR count). The average molecular weight is 388 g/mol. The van der Waals surface area contributed by atoms with Gasteiger partial charge in [-0.05, 0) is 31.0 Å². The predicted octanol–water partition coefficient (Wildman–Crippen LogP) is 4.12. The molecule has 146 valence electrons. The molecule has 0 N–H and O–H groups in total. The van der Waals surface area contributed by atoms with E-state index in [1.165, 1.54) is 7.11 Å². The van der Waals surface area contributed by atoms with Crippen LogP contribution < -0.4 is 0 Å². The van der Waals surface area contributed by atoms with Gasteiger partial charge in [0.05, 0.1) is 12.7 Å². The lowest BCUT2D eigenvalue weighted by atomic mass is 10.1. The number of hydrogen-bond donors (Lipinski definition) is 0. The molecule has 0 fully saturated rings. The van der Waals surface area contributed by atoms with E-state index in [1.54, 1.807) is 36.4 Å². The van der Waals surface area contributed by atoms with E-state index in [1.807, 2.05) is 10.6 Å². The maximum atomic E-state index is 12.0. The standard InChI is InChI=1S/C22H20N4O3/c1-28-22(27)18-8-5-4-7-17(18)19-11-10-16(29-19)13-15(14-23)21-25-24-20-9-3-2-6-12-26(20)21/h4-5,7-8,10-11,13H,2-3,6,9,12H2,1H3/b15-13+. The lowest BCUT2D eigenvalue weighted by Gasteiger charge is -2.05. The number of aromatic nitrogens is 3. The van der Waals surface area contributed by atoms with Crippen molar-refractivity contribution in [2.75, 3.05) is 7.11 Å². The Balaban J connectivity index is 1.69. The molecule has 1 aromatic carbocycles. The fourth-order valence-corrected chi connectivity index (χ4v) is 3.53. The van der Waals surface area contributed by atoms with Crippen molar-refractivity contribution in [1.82, 2.24) is 14.8 Å². The molecule has 0 bridgehead atoms. The molecule has 0 saturated heterocycles. The molecule has 29 heavy (non-hydrogen) atoms. The molecular weight excluding hydrogens is 368 g/mol. The lowest BCUT2D eigenvalue weighted by molar-refractivity contribution is 0.0601. The Labute approximate surface area is 168 Å². The quantitative estimate of drug-likeness (QED) is 0.493. The van der Waals surface area contributed by atoms with E-state index in [0.29, 0.717) is 34.0 Å². The van der Waals surface area contributed by atoms with Crippen LogP contribution in [0.25, 0.3) is 23.0 Å². The zero-order chi connectivity index (χ0) is 20.2. The third kappa shape index (κ3) is 3.69. The Bertz CT molecular complexity index is 1120. The summed E-state index contributed by atoms with van der Waals surface area (Å²) < 4.78 is 12.8. The number of benzene rings is 1. The first-order chi connectivity index (χ1) is 14.2. The molecule has 1 aliphatic heterocycles. The number of carbonyl (C=O) groups excluding carboxylic acids is 1. The molecule has 0 atom stereocenters. The fourth-order valence-electron chi connectivity index (χ4n) is 3.53. The van der Waals surface area contributed by atoms with Gasteiger partial charge >= 0.3 is 5.97 Å². The normalized spacial score (nSPS) is 14.0. The van der Waals surface area contributed by atoms with Gasteiger partial charge in [0.2, 0.25) is 0 Å². The molecule has 0 unspecified atom stereocenters. The monoisotopic (exact) mass is 388 g/mol. The third-order valence-electron chi connectivity index (χ3n) is 4.98. The van der Waals surface area contributed by atoms with Crippen LogP contribution in [0.5, 0.6) is 0 Å². The first-order valence-electron chi connectivity index (χ1n) is 9.53. The van der Waals surface area contributed by atoms with Crippen LogP contribution >= 0.6 is 0 Å². The molecule has 0 aliphatic carbocycles. The molecule has 0 amide bonds. The van der Waals surface area contributed by atoms with Crippen molar-refractivity contribution >= 4 is 17.6 Å². The number of esters is 1. The molecule has 2 aromatic heterocycles. The Morgan fingerprint density at radius 1 is 1.21 bits per heavy atom. The number of aryl methyl sites for hydroxylation is 1. The summed E-state index contributed by atoms with van der Waals surface area (Å²) in [6.07, 6.45) is 5.82. The number of nitrogens with zero attached hydrogens (tertiary/aromatic N) is 4. The second-order valence-electron chi connectivity index (χ2n) is 6.81. The van der Waals surface area contributed by atoms with Crippen molar-refractivity contribution in [3.8, 4) is 17.4 Å². The van der Waals surface area contributed by atoms with E-state index in [2.05, 4.69) is 16.3 Å². The van der Waals surface area contributed by atoms with E-state index in [9.17, 15) is 10.1 Å². The highest BCUT2D eigenvalue weighted by atomic mass is 16.5. The van der Waals surface area contributed by atoms with Crippen LogP contribution in [0.1, 0.15) is 47.0 Å². The van der Waals surface area contributed by atoms with E-state index in [4.69, 9.17) is 9.15 Å². The maximum Gasteiger partial charge on any atom is 0.338 e. The summed E-state index contributed by atoms with van der Waals surface area (Å²) in [6, 6.07) is 12.8. The van der Waals surface area contributed by atoms with Crippen LogP contribution in [0.3, 0.4) is 0 Å². The van der Waals surface area contributed by atoms with Crippen LogP contribution in [0.4, 0.5) is 0 Å². The fraction of sp³-hybridized carbons (Fsp3) is 0.273. The maximum absolute atomic E-state index is 12.0. The minimum Gasteiger partial charge on any atom is -0.465 e. The first kappa shape index (κ1) is 18.7. The molecule has 7 nitrogen and oxygen atoms in total. The Morgan fingerprint density at radius 3 is 2.90 bits per heavy atom. The van der Waals surface area contributed by atoms with E-state index < -0.39 is 5.97 Å². The zero-order valence-corrected chi connectivity index (χ0v) is 16.1. The predicted molar refractivity (Wildman–Crippen MR) is 107 cm³/mol. The van der Waals surface area contributed by atoms with Crippen LogP contribution in [0.2, 0.25) is 0 Å². The summed E-state index contributed by atoms with van der Waals surface area (Å²) in [6.45, 7) is 0.812. The van der Waals surface area contributed by atoms with Gasteiger partial charge in [-0.15, -0.1) is 10.2 Å². The number of ether oxygens (including phenoxy) is 1. The Kier molecular flexibility index (Phi) is 5.25. The second-order valence-corrected chi connectivity index (χ2v) is 6.81. The smallest absolute Gasteiger partial charge is 0.338 e. The molecule has 0 saturated carbocycles. The molecule has 0 spiro atoms. The number of rotatable bonds is 4. The summed E-state index contributed by atoms with van der Waals surface area (Å²) in [5.41, 5.74) is 1.45. The van der Waals surface area contributed by atoms with Gasteiger partial charge in [-0.25, -0.2) is 4.79 Å². The van der Waals surface area contributed by atoms with Crippen molar-refractivity contribution < 1.29 is 13.9 Å². The zero-order valence-electron chi connectivity index (χ0n) is 16.1. The summed E-state index contributed by atoms with van der Waals surface area (Å²) >= 11 is 0. The minimum absolute atomic E-state index is 0.396. The van der Waals surface area contributed by atoms with Gasteiger partial charge in [0, 0.05) is 24.6 Å². The Hall–Kier alpha value is -3.66. The van der Waals surface area contributed by atoms with E-state index in [0.717, 1.165) is 38.1 Å². The number of nitriles is 1. The molecule has 1 aliphatic rings. The van der Waals surface area contributed by atoms with Crippen molar-refractivity contribution in [1.29, 1.82) is 5.26 Å². The highest BCUT2D eigenvalue weighted by Crippen LogP contribution is 2.28. The number of furan rings is 1. The van der Waals surface area contributed by atoms with Gasteiger partial charge in [0.25, 0.3) is 0 Å². The van der Waals surface area contributed by atoms with Crippen molar-refractivity contribution in [3.63, 3.8) is 0 Å². The number of methoxy groups -OCH3 is 1. The van der Waals surface area contributed by atoms with Crippen molar-refractivity contribution in [2.45, 2.75) is 32.2 Å². The summed E-state index contributed by atoms with van der Waals surface area (Å²) in [5.74, 6) is 2.08. The highest BCUT2D eigenvalue weighted by molar-refractivity contribution is 5.96. The van der Waals surface area contributed by atoms with E-state index >= 15 is 0 Å². The topological polar surface area (TPSA) is 93.9 Å².